The monoisotopic (exact) mass is 358 g/mol. The zero-order valence-corrected chi connectivity index (χ0v) is 14.7. The van der Waals surface area contributed by atoms with Crippen LogP contribution in [0.4, 0.5) is 0 Å². The van der Waals surface area contributed by atoms with Gasteiger partial charge < -0.3 is 9.47 Å². The van der Waals surface area contributed by atoms with Gasteiger partial charge in [-0.25, -0.2) is 0 Å². The van der Waals surface area contributed by atoms with E-state index in [1.54, 1.807) is 36.9 Å². The van der Waals surface area contributed by atoms with Crippen LogP contribution < -0.4 is 9.47 Å². The Morgan fingerprint density at radius 1 is 1.08 bits per heavy atom. The molecule has 1 aromatic carbocycles. The van der Waals surface area contributed by atoms with Gasteiger partial charge in [0.25, 0.3) is 0 Å². The molecule has 0 aliphatic rings. The average molecular weight is 358 g/mol. The highest BCUT2D eigenvalue weighted by atomic mass is 32.1. The van der Waals surface area contributed by atoms with Crippen molar-refractivity contribution in [2.75, 3.05) is 14.2 Å². The third-order valence-electron chi connectivity index (χ3n) is 3.60. The van der Waals surface area contributed by atoms with Gasteiger partial charge in [0.1, 0.15) is 0 Å². The van der Waals surface area contributed by atoms with E-state index in [-0.39, 0.29) is 0 Å². The first kappa shape index (κ1) is 15.1. The SMILES string of the molecule is COc1ccc(Cc2nnc3sc(-c4cccs4)nn23)cc1OC. The van der Waals surface area contributed by atoms with E-state index in [0.717, 1.165) is 26.2 Å². The predicted molar refractivity (Wildman–Crippen MR) is 94.3 cm³/mol. The molecule has 0 saturated carbocycles. The summed E-state index contributed by atoms with van der Waals surface area (Å²) >= 11 is 3.21. The first-order chi connectivity index (χ1) is 11.8. The molecule has 0 spiro atoms. The maximum absolute atomic E-state index is 5.36. The average Bonchev–Trinajstić information content (AvgIpc) is 3.32. The molecule has 0 atom stereocenters. The van der Waals surface area contributed by atoms with Gasteiger partial charge in [-0.3, -0.25) is 0 Å². The van der Waals surface area contributed by atoms with Crippen molar-refractivity contribution in [2.24, 2.45) is 0 Å². The molecular weight excluding hydrogens is 344 g/mol. The number of fused-ring (bicyclic) bond motifs is 1. The zero-order valence-electron chi connectivity index (χ0n) is 13.1. The van der Waals surface area contributed by atoms with Crippen LogP contribution in [0.5, 0.6) is 11.5 Å². The topological polar surface area (TPSA) is 61.5 Å². The van der Waals surface area contributed by atoms with E-state index in [9.17, 15) is 0 Å². The second kappa shape index (κ2) is 6.21. The summed E-state index contributed by atoms with van der Waals surface area (Å²) < 4.78 is 12.4. The van der Waals surface area contributed by atoms with Crippen molar-refractivity contribution in [1.82, 2.24) is 19.8 Å². The molecule has 0 amide bonds. The highest BCUT2D eigenvalue weighted by molar-refractivity contribution is 7.23. The molecule has 0 fully saturated rings. The van der Waals surface area contributed by atoms with Crippen molar-refractivity contribution < 1.29 is 9.47 Å². The van der Waals surface area contributed by atoms with Crippen molar-refractivity contribution in [3.05, 3.63) is 47.1 Å². The Kier molecular flexibility index (Phi) is 3.91. The second-order valence-corrected chi connectivity index (χ2v) is 6.96. The van der Waals surface area contributed by atoms with Crippen LogP contribution in [-0.4, -0.2) is 34.0 Å². The van der Waals surface area contributed by atoms with E-state index >= 15 is 0 Å². The summed E-state index contributed by atoms with van der Waals surface area (Å²) in [4.78, 5) is 1.94. The normalized spacial score (nSPS) is 11.1. The maximum atomic E-state index is 5.36. The van der Waals surface area contributed by atoms with E-state index in [1.807, 2.05) is 34.2 Å². The molecule has 0 saturated heterocycles. The molecule has 4 aromatic rings. The van der Waals surface area contributed by atoms with Gasteiger partial charge in [0, 0.05) is 6.42 Å². The minimum absolute atomic E-state index is 0.620. The smallest absolute Gasteiger partial charge is 0.235 e. The number of methoxy groups -OCH3 is 2. The van der Waals surface area contributed by atoms with E-state index in [1.165, 1.54) is 0 Å². The summed E-state index contributed by atoms with van der Waals surface area (Å²) in [5, 5.41) is 16.2. The number of ether oxygens (including phenoxy) is 2. The molecule has 3 heterocycles. The minimum atomic E-state index is 0.620. The number of nitrogens with zero attached hydrogens (tertiary/aromatic N) is 4. The van der Waals surface area contributed by atoms with Crippen molar-refractivity contribution in [2.45, 2.75) is 6.42 Å². The summed E-state index contributed by atoms with van der Waals surface area (Å²) in [5.74, 6) is 2.21. The van der Waals surface area contributed by atoms with E-state index in [0.29, 0.717) is 17.9 Å². The van der Waals surface area contributed by atoms with Gasteiger partial charge in [-0.2, -0.15) is 9.61 Å². The number of hydrogen-bond acceptors (Lipinski definition) is 7. The first-order valence-electron chi connectivity index (χ1n) is 7.24. The minimum Gasteiger partial charge on any atom is -0.493 e. The van der Waals surface area contributed by atoms with Gasteiger partial charge >= 0.3 is 0 Å². The molecule has 0 bridgehead atoms. The molecule has 0 unspecified atom stereocenters. The lowest BCUT2D eigenvalue weighted by molar-refractivity contribution is 0.354. The van der Waals surface area contributed by atoms with Gasteiger partial charge in [0.15, 0.2) is 22.3 Å². The molecule has 8 heteroatoms. The van der Waals surface area contributed by atoms with Crippen LogP contribution in [0, 0.1) is 0 Å². The lowest BCUT2D eigenvalue weighted by Gasteiger charge is -2.08. The fourth-order valence-electron chi connectivity index (χ4n) is 2.44. The molecule has 24 heavy (non-hydrogen) atoms. The molecule has 0 aliphatic heterocycles. The van der Waals surface area contributed by atoms with E-state index in [4.69, 9.17) is 9.47 Å². The first-order valence-corrected chi connectivity index (χ1v) is 8.94. The Morgan fingerprint density at radius 2 is 1.96 bits per heavy atom. The summed E-state index contributed by atoms with van der Waals surface area (Å²) in [7, 11) is 3.26. The number of aromatic nitrogens is 4. The van der Waals surface area contributed by atoms with Gasteiger partial charge in [0.2, 0.25) is 4.96 Å². The van der Waals surface area contributed by atoms with Gasteiger partial charge in [-0.05, 0) is 29.1 Å². The molecule has 0 radical (unpaired) electrons. The van der Waals surface area contributed by atoms with Gasteiger partial charge in [0.05, 0.1) is 19.1 Å². The van der Waals surface area contributed by atoms with Crippen LogP contribution in [0.3, 0.4) is 0 Å². The standard InChI is InChI=1S/C16H14N4O2S2/c1-21-11-6-5-10(8-12(11)22-2)9-14-17-18-16-20(14)19-15(24-16)13-4-3-7-23-13/h3-8H,9H2,1-2H3. The Balaban J connectivity index is 1.67. The lowest BCUT2D eigenvalue weighted by atomic mass is 10.1. The fourth-order valence-corrected chi connectivity index (χ4v) is 4.09. The lowest BCUT2D eigenvalue weighted by Crippen LogP contribution is -1.99. The molecule has 6 nitrogen and oxygen atoms in total. The summed E-state index contributed by atoms with van der Waals surface area (Å²) in [6, 6.07) is 9.92. The van der Waals surface area contributed by atoms with Crippen LogP contribution >= 0.6 is 22.7 Å². The van der Waals surface area contributed by atoms with Crippen LogP contribution in [0.25, 0.3) is 14.8 Å². The quantitative estimate of drug-likeness (QED) is 0.546. The number of benzene rings is 1. The Hall–Kier alpha value is -2.45. The third kappa shape index (κ3) is 2.63. The largest absolute Gasteiger partial charge is 0.493 e. The molecule has 0 N–H and O–H groups in total. The maximum Gasteiger partial charge on any atom is 0.235 e. The Labute approximate surface area is 146 Å². The van der Waals surface area contributed by atoms with Crippen molar-refractivity contribution in [3.63, 3.8) is 0 Å². The van der Waals surface area contributed by atoms with Crippen LogP contribution in [0.1, 0.15) is 11.4 Å². The molecule has 122 valence electrons. The van der Waals surface area contributed by atoms with Crippen LogP contribution in [-0.2, 0) is 6.42 Å². The number of rotatable bonds is 5. The number of hydrogen-bond donors (Lipinski definition) is 0. The van der Waals surface area contributed by atoms with E-state index < -0.39 is 0 Å². The van der Waals surface area contributed by atoms with Gasteiger partial charge in [-0.1, -0.05) is 23.5 Å². The van der Waals surface area contributed by atoms with Crippen LogP contribution in [0.15, 0.2) is 35.7 Å². The van der Waals surface area contributed by atoms with Crippen LogP contribution in [0.2, 0.25) is 0 Å². The molecule has 3 aromatic heterocycles. The number of thiophene rings is 1. The fraction of sp³-hybridized carbons (Fsp3) is 0.188. The third-order valence-corrected chi connectivity index (χ3v) is 5.54. The van der Waals surface area contributed by atoms with Crippen molar-refractivity contribution in [1.29, 1.82) is 0 Å². The second-order valence-electron chi connectivity index (χ2n) is 5.06. The summed E-state index contributed by atoms with van der Waals surface area (Å²) in [6.07, 6.45) is 0.620. The molecular formula is C16H14N4O2S2. The van der Waals surface area contributed by atoms with Gasteiger partial charge in [-0.15, -0.1) is 21.5 Å². The Bertz CT molecular complexity index is 975. The highest BCUT2D eigenvalue weighted by Crippen LogP contribution is 2.30. The Morgan fingerprint density at radius 3 is 2.71 bits per heavy atom. The predicted octanol–water partition coefficient (Wildman–Crippen LogP) is 3.52. The zero-order chi connectivity index (χ0) is 16.5. The molecule has 4 rings (SSSR count). The van der Waals surface area contributed by atoms with Crippen molar-refractivity contribution in [3.8, 4) is 21.4 Å². The molecule has 0 aliphatic carbocycles. The highest BCUT2D eigenvalue weighted by Gasteiger charge is 2.14. The van der Waals surface area contributed by atoms with Crippen molar-refractivity contribution >= 4 is 27.6 Å². The summed E-state index contributed by atoms with van der Waals surface area (Å²) in [5.41, 5.74) is 1.06. The van der Waals surface area contributed by atoms with E-state index in [2.05, 4.69) is 21.4 Å². The summed E-state index contributed by atoms with van der Waals surface area (Å²) in [6.45, 7) is 0.